The Hall–Kier alpha value is -1.75. The van der Waals surface area contributed by atoms with Crippen LogP contribution in [0.2, 0.25) is 0 Å². The minimum Gasteiger partial charge on any atom is -0.444 e. The van der Waals surface area contributed by atoms with Crippen molar-refractivity contribution in [3.63, 3.8) is 0 Å². The number of hydrogen-bond acceptors (Lipinski definition) is 4. The van der Waals surface area contributed by atoms with E-state index in [2.05, 4.69) is 10.6 Å². The Morgan fingerprint density at radius 3 is 2.32 bits per heavy atom. The summed E-state index contributed by atoms with van der Waals surface area (Å²) in [7, 11) is 0. The van der Waals surface area contributed by atoms with Crippen LogP contribution in [0.25, 0.3) is 0 Å². The Morgan fingerprint density at radius 1 is 1.21 bits per heavy atom. The summed E-state index contributed by atoms with van der Waals surface area (Å²) in [4.78, 5) is 11.6. The smallest absolute Gasteiger partial charge is 0.412 e. The lowest BCUT2D eigenvalue weighted by atomic mass is 10.2. The van der Waals surface area contributed by atoms with Gasteiger partial charge in [0.2, 0.25) is 0 Å². The van der Waals surface area contributed by atoms with Gasteiger partial charge in [-0.05, 0) is 58.0 Å². The van der Waals surface area contributed by atoms with Crippen molar-refractivity contribution in [2.75, 3.05) is 23.7 Å². The van der Waals surface area contributed by atoms with Gasteiger partial charge in [0, 0.05) is 17.9 Å². The van der Waals surface area contributed by atoms with Crippen molar-refractivity contribution < 1.29 is 9.53 Å². The normalized spacial score (nSPS) is 10.9. The molecule has 0 spiro atoms. The molecule has 0 atom stereocenters. The van der Waals surface area contributed by atoms with Gasteiger partial charge in [0.1, 0.15) is 5.60 Å². The van der Waals surface area contributed by atoms with Gasteiger partial charge in [0.15, 0.2) is 0 Å². The van der Waals surface area contributed by atoms with Crippen molar-refractivity contribution in [3.8, 4) is 0 Å². The fraction of sp³-hybridized carbons (Fsp3) is 0.500. The Balaban J connectivity index is 2.45. The van der Waals surface area contributed by atoms with E-state index in [1.165, 1.54) is 0 Å². The number of anilines is 2. The quantitative estimate of drug-likeness (QED) is 0.715. The maximum atomic E-state index is 11.6. The largest absolute Gasteiger partial charge is 0.444 e. The first-order chi connectivity index (χ1) is 8.90. The van der Waals surface area contributed by atoms with Crippen LogP contribution in [0.15, 0.2) is 24.3 Å². The van der Waals surface area contributed by atoms with Gasteiger partial charge in [-0.3, -0.25) is 5.32 Å². The summed E-state index contributed by atoms with van der Waals surface area (Å²) in [5.41, 5.74) is 6.64. The molecule has 0 radical (unpaired) electrons. The van der Waals surface area contributed by atoms with Crippen LogP contribution >= 0.6 is 0 Å². The molecule has 0 saturated heterocycles. The second-order valence-electron chi connectivity index (χ2n) is 5.27. The van der Waals surface area contributed by atoms with Crippen LogP contribution in [0, 0.1) is 0 Å². The second kappa shape index (κ2) is 6.99. The molecule has 0 aliphatic carbocycles. The van der Waals surface area contributed by atoms with Gasteiger partial charge in [0.05, 0.1) is 0 Å². The molecule has 19 heavy (non-hydrogen) atoms. The molecule has 0 aromatic heterocycles. The van der Waals surface area contributed by atoms with Crippen LogP contribution in [-0.4, -0.2) is 24.8 Å². The summed E-state index contributed by atoms with van der Waals surface area (Å²) in [5.74, 6) is 0. The summed E-state index contributed by atoms with van der Waals surface area (Å²) in [6.07, 6.45) is 0.481. The SMILES string of the molecule is CC(C)(C)OC(=O)Nc1ccc(NCCCN)cc1. The van der Waals surface area contributed by atoms with Gasteiger partial charge in [-0.1, -0.05) is 0 Å². The van der Waals surface area contributed by atoms with E-state index in [4.69, 9.17) is 10.5 Å². The van der Waals surface area contributed by atoms with Crippen molar-refractivity contribution >= 4 is 17.5 Å². The Morgan fingerprint density at radius 2 is 1.79 bits per heavy atom. The average Bonchev–Trinajstić information content (AvgIpc) is 2.29. The van der Waals surface area contributed by atoms with Crippen LogP contribution in [-0.2, 0) is 4.74 Å². The van der Waals surface area contributed by atoms with E-state index in [0.29, 0.717) is 12.2 Å². The number of hydrogen-bond donors (Lipinski definition) is 3. The van der Waals surface area contributed by atoms with Crippen molar-refractivity contribution in [3.05, 3.63) is 24.3 Å². The van der Waals surface area contributed by atoms with Crippen LogP contribution in [0.5, 0.6) is 0 Å². The van der Waals surface area contributed by atoms with Crippen molar-refractivity contribution in [1.29, 1.82) is 0 Å². The summed E-state index contributed by atoms with van der Waals surface area (Å²) in [6.45, 7) is 7.01. The fourth-order valence-electron chi connectivity index (χ4n) is 1.43. The summed E-state index contributed by atoms with van der Waals surface area (Å²) in [6, 6.07) is 7.47. The minimum atomic E-state index is -0.492. The molecule has 1 aromatic rings. The predicted octanol–water partition coefficient (Wildman–Crippen LogP) is 2.79. The van der Waals surface area contributed by atoms with Gasteiger partial charge in [-0.2, -0.15) is 0 Å². The molecule has 0 bridgehead atoms. The molecule has 1 amide bonds. The first-order valence-corrected chi connectivity index (χ1v) is 6.45. The molecule has 106 valence electrons. The molecular formula is C14H23N3O2. The zero-order valence-electron chi connectivity index (χ0n) is 11.8. The lowest BCUT2D eigenvalue weighted by Crippen LogP contribution is -2.27. The molecular weight excluding hydrogens is 242 g/mol. The highest BCUT2D eigenvalue weighted by molar-refractivity contribution is 5.85. The third kappa shape index (κ3) is 6.67. The fourth-order valence-corrected chi connectivity index (χ4v) is 1.43. The highest BCUT2D eigenvalue weighted by atomic mass is 16.6. The van der Waals surface area contributed by atoms with Gasteiger partial charge in [-0.15, -0.1) is 0 Å². The highest BCUT2D eigenvalue weighted by Crippen LogP contribution is 2.15. The van der Waals surface area contributed by atoms with Gasteiger partial charge >= 0.3 is 6.09 Å². The lowest BCUT2D eigenvalue weighted by molar-refractivity contribution is 0.0636. The Bertz CT molecular complexity index is 396. The number of benzene rings is 1. The molecule has 1 aromatic carbocycles. The minimum absolute atomic E-state index is 0.448. The molecule has 0 aliphatic rings. The lowest BCUT2D eigenvalue weighted by Gasteiger charge is -2.19. The molecule has 1 rings (SSSR count). The van der Waals surface area contributed by atoms with E-state index in [1.54, 1.807) is 0 Å². The average molecular weight is 265 g/mol. The molecule has 5 nitrogen and oxygen atoms in total. The van der Waals surface area contributed by atoms with Crippen molar-refractivity contribution in [2.45, 2.75) is 32.8 Å². The maximum Gasteiger partial charge on any atom is 0.412 e. The van der Waals surface area contributed by atoms with Crippen LogP contribution < -0.4 is 16.4 Å². The van der Waals surface area contributed by atoms with E-state index in [-0.39, 0.29) is 0 Å². The van der Waals surface area contributed by atoms with Crippen molar-refractivity contribution in [1.82, 2.24) is 0 Å². The molecule has 0 unspecified atom stereocenters. The third-order valence-electron chi connectivity index (χ3n) is 2.24. The Kier molecular flexibility index (Phi) is 5.63. The number of amides is 1. The van der Waals surface area contributed by atoms with Crippen molar-refractivity contribution in [2.24, 2.45) is 5.73 Å². The number of rotatable bonds is 5. The number of nitrogens with two attached hydrogens (primary N) is 1. The molecule has 0 saturated carbocycles. The Labute approximate surface area is 114 Å². The number of carbonyl (C=O) groups excluding carboxylic acids is 1. The van der Waals surface area contributed by atoms with E-state index < -0.39 is 11.7 Å². The summed E-state index contributed by atoms with van der Waals surface area (Å²) < 4.78 is 5.17. The van der Waals surface area contributed by atoms with Crippen LogP contribution in [0.1, 0.15) is 27.2 Å². The number of ether oxygens (including phenoxy) is 1. The van der Waals surface area contributed by atoms with E-state index in [9.17, 15) is 4.79 Å². The first kappa shape index (κ1) is 15.3. The first-order valence-electron chi connectivity index (χ1n) is 6.45. The van der Waals surface area contributed by atoms with Crippen LogP contribution in [0.3, 0.4) is 0 Å². The zero-order valence-corrected chi connectivity index (χ0v) is 11.8. The van der Waals surface area contributed by atoms with Crippen LogP contribution in [0.4, 0.5) is 16.2 Å². The third-order valence-corrected chi connectivity index (χ3v) is 2.24. The molecule has 0 aliphatic heterocycles. The maximum absolute atomic E-state index is 11.6. The van der Waals surface area contributed by atoms with Gasteiger partial charge < -0.3 is 15.8 Å². The topological polar surface area (TPSA) is 76.4 Å². The summed E-state index contributed by atoms with van der Waals surface area (Å²) >= 11 is 0. The predicted molar refractivity (Wildman–Crippen MR) is 78.5 cm³/mol. The number of carbonyl (C=O) groups is 1. The van der Waals surface area contributed by atoms with Gasteiger partial charge in [0.25, 0.3) is 0 Å². The molecule has 4 N–H and O–H groups in total. The molecule has 5 heteroatoms. The second-order valence-corrected chi connectivity index (χ2v) is 5.27. The standard InChI is InChI=1S/C14H23N3O2/c1-14(2,3)19-13(18)17-12-7-5-11(6-8-12)16-10-4-9-15/h5-8,16H,4,9-10,15H2,1-3H3,(H,17,18). The molecule has 0 heterocycles. The molecule has 0 fully saturated rings. The summed E-state index contributed by atoms with van der Waals surface area (Å²) in [5, 5.41) is 5.92. The van der Waals surface area contributed by atoms with E-state index >= 15 is 0 Å². The monoisotopic (exact) mass is 265 g/mol. The highest BCUT2D eigenvalue weighted by Gasteiger charge is 2.15. The van der Waals surface area contributed by atoms with Gasteiger partial charge in [-0.25, -0.2) is 4.79 Å². The van der Waals surface area contributed by atoms with E-state index in [0.717, 1.165) is 18.7 Å². The number of nitrogens with one attached hydrogen (secondary N) is 2. The van der Waals surface area contributed by atoms with E-state index in [1.807, 2.05) is 45.0 Å². The zero-order chi connectivity index (χ0) is 14.3.